The minimum absolute atomic E-state index is 0.0746. The van der Waals surface area contributed by atoms with Gasteiger partial charge >= 0.3 is 0 Å². The summed E-state index contributed by atoms with van der Waals surface area (Å²) in [7, 11) is 0. The van der Waals surface area contributed by atoms with E-state index in [1.54, 1.807) is 13.1 Å². The first-order chi connectivity index (χ1) is 8.08. The van der Waals surface area contributed by atoms with Gasteiger partial charge in [-0.25, -0.2) is 4.39 Å². The van der Waals surface area contributed by atoms with Crippen molar-refractivity contribution < 1.29 is 4.39 Å². The van der Waals surface area contributed by atoms with Crippen molar-refractivity contribution >= 4 is 23.0 Å². The Bertz CT molecular complexity index is 555. The second-order valence-electron chi connectivity index (χ2n) is 3.21. The molecule has 0 heterocycles. The lowest BCUT2D eigenvalue weighted by Crippen LogP contribution is -2.19. The third kappa shape index (κ3) is 2.25. The number of hydrogen-bond donors (Lipinski definition) is 0. The molecule has 0 aromatic carbocycles. The summed E-state index contributed by atoms with van der Waals surface area (Å²) in [5, 5.41) is 17.2. The fourth-order valence-corrected chi connectivity index (χ4v) is 1.90. The van der Waals surface area contributed by atoms with Gasteiger partial charge in [0.25, 0.3) is 0 Å². The zero-order chi connectivity index (χ0) is 13.0. The summed E-state index contributed by atoms with van der Waals surface area (Å²) in [6, 6.07) is 0. The van der Waals surface area contributed by atoms with Crippen LogP contribution in [0.4, 0.5) is 4.39 Å². The third-order valence-corrected chi connectivity index (χ3v) is 2.74. The van der Waals surface area contributed by atoms with Crippen LogP contribution in [-0.4, -0.2) is 11.4 Å². The molecule has 4 nitrogen and oxygen atoms in total. The van der Waals surface area contributed by atoms with Crippen molar-refractivity contribution in [2.24, 2.45) is 9.98 Å². The van der Waals surface area contributed by atoms with Gasteiger partial charge < -0.3 is 0 Å². The Kier molecular flexibility index (Phi) is 4.14. The predicted molar refractivity (Wildman–Crippen MR) is 63.1 cm³/mol. The van der Waals surface area contributed by atoms with Crippen molar-refractivity contribution in [1.82, 2.24) is 0 Å². The Labute approximate surface area is 103 Å². The van der Waals surface area contributed by atoms with Gasteiger partial charge in [-0.3, -0.25) is 0 Å². The quantitative estimate of drug-likeness (QED) is 0.530. The number of hydrogen-bond acceptors (Lipinski definition) is 4. The highest BCUT2D eigenvalue weighted by atomic mass is 35.5. The lowest BCUT2D eigenvalue weighted by Gasteiger charge is -2.18. The maximum Gasteiger partial charge on any atom is 0.206 e. The van der Waals surface area contributed by atoms with E-state index in [4.69, 9.17) is 22.1 Å². The average Bonchev–Trinajstić information content (AvgIpc) is 2.32. The minimum Gasteiger partial charge on any atom is -0.204 e. The Morgan fingerprint density at radius 3 is 2.24 bits per heavy atom. The van der Waals surface area contributed by atoms with Gasteiger partial charge in [-0.05, 0) is 13.3 Å². The van der Waals surface area contributed by atoms with Crippen molar-refractivity contribution in [3.63, 3.8) is 0 Å². The molecule has 0 radical (unpaired) electrons. The summed E-state index contributed by atoms with van der Waals surface area (Å²) in [6.07, 6.45) is 3.50. The van der Waals surface area contributed by atoms with E-state index in [0.717, 1.165) is 0 Å². The van der Waals surface area contributed by atoms with Crippen LogP contribution in [0.15, 0.2) is 32.0 Å². The molecule has 0 aliphatic heterocycles. The number of rotatable bonds is 1. The van der Waals surface area contributed by atoms with Crippen LogP contribution in [0.2, 0.25) is 0 Å². The fourth-order valence-electron chi connectivity index (χ4n) is 1.50. The first kappa shape index (κ1) is 13.1. The molecule has 0 spiro atoms. The van der Waals surface area contributed by atoms with Gasteiger partial charge in [-0.2, -0.15) is 20.5 Å². The molecule has 0 aromatic rings. The summed E-state index contributed by atoms with van der Waals surface area (Å²) >= 11 is 6.02. The number of nitrogens with zero attached hydrogens (tertiary/aromatic N) is 4. The molecule has 0 N–H and O–H groups in total. The van der Waals surface area contributed by atoms with Gasteiger partial charge in [-0.1, -0.05) is 18.5 Å². The number of aliphatic imine (C=N–C) groups is 2. The molecule has 1 rings (SSSR count). The SMILES string of the molecule is CCC1=C(Cl)C(=NC#N)C(C)=C(F)C1=NC#N. The molecule has 0 atom stereocenters. The van der Waals surface area contributed by atoms with Crippen molar-refractivity contribution in [3.05, 3.63) is 22.0 Å². The van der Waals surface area contributed by atoms with E-state index in [9.17, 15) is 4.39 Å². The van der Waals surface area contributed by atoms with Gasteiger partial charge in [0.2, 0.25) is 12.4 Å². The van der Waals surface area contributed by atoms with E-state index in [1.165, 1.54) is 13.1 Å². The molecule has 1 aliphatic rings. The average molecular weight is 251 g/mol. The smallest absolute Gasteiger partial charge is 0.204 e. The summed E-state index contributed by atoms with van der Waals surface area (Å²) in [6.45, 7) is 3.19. The Balaban J connectivity index is 3.56. The van der Waals surface area contributed by atoms with E-state index < -0.39 is 5.83 Å². The van der Waals surface area contributed by atoms with Crippen LogP contribution in [0.5, 0.6) is 0 Å². The molecule has 0 fully saturated rings. The monoisotopic (exact) mass is 250 g/mol. The molecule has 86 valence electrons. The normalized spacial score (nSPS) is 20.8. The van der Waals surface area contributed by atoms with Crippen molar-refractivity contribution in [2.45, 2.75) is 20.3 Å². The van der Waals surface area contributed by atoms with Crippen LogP contribution < -0.4 is 0 Å². The fraction of sp³-hybridized carbons (Fsp3) is 0.273. The second kappa shape index (κ2) is 5.38. The van der Waals surface area contributed by atoms with E-state index in [-0.39, 0.29) is 22.0 Å². The first-order valence-electron chi connectivity index (χ1n) is 4.78. The topological polar surface area (TPSA) is 72.3 Å². The van der Waals surface area contributed by atoms with E-state index in [2.05, 4.69) is 9.98 Å². The number of halogens is 2. The number of nitriles is 2. The van der Waals surface area contributed by atoms with Gasteiger partial charge in [0, 0.05) is 11.1 Å². The molecule has 0 amide bonds. The molecule has 0 saturated heterocycles. The van der Waals surface area contributed by atoms with Gasteiger partial charge in [-0.15, -0.1) is 0 Å². The van der Waals surface area contributed by atoms with Crippen LogP contribution in [0.25, 0.3) is 0 Å². The van der Waals surface area contributed by atoms with E-state index >= 15 is 0 Å². The van der Waals surface area contributed by atoms with Gasteiger partial charge in [0.05, 0.1) is 5.03 Å². The molecule has 17 heavy (non-hydrogen) atoms. The van der Waals surface area contributed by atoms with Gasteiger partial charge in [0.1, 0.15) is 11.4 Å². The summed E-state index contributed by atoms with van der Waals surface area (Å²) in [4.78, 5) is 6.91. The Morgan fingerprint density at radius 1 is 1.24 bits per heavy atom. The molecule has 0 aromatic heterocycles. The molecule has 0 saturated carbocycles. The highest BCUT2D eigenvalue weighted by Crippen LogP contribution is 2.31. The van der Waals surface area contributed by atoms with Crippen molar-refractivity contribution in [2.75, 3.05) is 0 Å². The highest BCUT2D eigenvalue weighted by Gasteiger charge is 2.28. The van der Waals surface area contributed by atoms with Crippen LogP contribution in [-0.2, 0) is 0 Å². The molecular weight excluding hydrogens is 243 g/mol. The largest absolute Gasteiger partial charge is 0.206 e. The van der Waals surface area contributed by atoms with E-state index in [0.29, 0.717) is 12.0 Å². The third-order valence-electron chi connectivity index (χ3n) is 2.33. The second-order valence-corrected chi connectivity index (χ2v) is 3.58. The van der Waals surface area contributed by atoms with Crippen LogP contribution >= 0.6 is 11.6 Å². The zero-order valence-electron chi connectivity index (χ0n) is 9.25. The van der Waals surface area contributed by atoms with Crippen molar-refractivity contribution in [3.8, 4) is 12.4 Å². The van der Waals surface area contributed by atoms with Crippen LogP contribution in [0.3, 0.4) is 0 Å². The maximum atomic E-state index is 13.9. The van der Waals surface area contributed by atoms with Gasteiger partial charge in [0.15, 0.2) is 5.83 Å². The minimum atomic E-state index is -0.665. The maximum absolute atomic E-state index is 13.9. The lowest BCUT2D eigenvalue weighted by atomic mass is 9.93. The molecule has 0 unspecified atom stereocenters. The molecule has 0 bridgehead atoms. The summed E-state index contributed by atoms with van der Waals surface area (Å²) in [5.74, 6) is -0.665. The summed E-state index contributed by atoms with van der Waals surface area (Å²) < 4.78 is 13.9. The lowest BCUT2D eigenvalue weighted by molar-refractivity contribution is 0.672. The Hall–Kier alpha value is -1.98. The molecular formula is C11H8ClFN4. The molecule has 6 heteroatoms. The standard InChI is InChI=1S/C11H8ClFN4/c1-3-7-8(12)10(16-4-14)6(2)9(13)11(7)17-5-15/h3H2,1-2H3. The van der Waals surface area contributed by atoms with Crippen molar-refractivity contribution in [1.29, 1.82) is 10.5 Å². The Morgan fingerprint density at radius 2 is 1.76 bits per heavy atom. The van der Waals surface area contributed by atoms with E-state index in [1.807, 2.05) is 0 Å². The predicted octanol–water partition coefficient (Wildman–Crippen LogP) is 2.99. The van der Waals surface area contributed by atoms with Crippen LogP contribution in [0.1, 0.15) is 20.3 Å². The zero-order valence-corrected chi connectivity index (χ0v) is 10.0. The van der Waals surface area contributed by atoms with Crippen LogP contribution in [0, 0.1) is 22.9 Å². The summed E-state index contributed by atoms with van der Waals surface area (Å²) in [5.41, 5.74) is 0.517. The molecule has 1 aliphatic carbocycles. The highest BCUT2D eigenvalue weighted by molar-refractivity contribution is 6.50. The number of allylic oxidation sites excluding steroid dienone is 4. The first-order valence-corrected chi connectivity index (χ1v) is 5.16.